The lowest BCUT2D eigenvalue weighted by atomic mass is 10.1. The standard InChI is InChI=1S/C22H23N3O4/c1-4-12-25(21(26)15-28-19-10-8-18(27-3)9-11-19)14-20-23-22(24-29-20)17-7-5-6-16(2)13-17/h4-11,13H,1,12,14-15H2,2-3H3. The number of hydrogen-bond donors (Lipinski definition) is 0. The molecule has 0 N–H and O–H groups in total. The minimum Gasteiger partial charge on any atom is -0.497 e. The Morgan fingerprint density at radius 1 is 1.21 bits per heavy atom. The van der Waals surface area contributed by atoms with Gasteiger partial charge in [-0.15, -0.1) is 6.58 Å². The molecule has 0 aliphatic heterocycles. The van der Waals surface area contributed by atoms with E-state index in [1.807, 2.05) is 31.2 Å². The van der Waals surface area contributed by atoms with Crippen LogP contribution in [0.15, 0.2) is 65.7 Å². The Balaban J connectivity index is 1.63. The van der Waals surface area contributed by atoms with E-state index in [1.54, 1.807) is 42.4 Å². The summed E-state index contributed by atoms with van der Waals surface area (Å²) < 4.78 is 16.0. The quantitative estimate of drug-likeness (QED) is 0.517. The van der Waals surface area contributed by atoms with Crippen molar-refractivity contribution < 1.29 is 18.8 Å². The van der Waals surface area contributed by atoms with Gasteiger partial charge in [-0.2, -0.15) is 4.98 Å². The van der Waals surface area contributed by atoms with Gasteiger partial charge in [-0.25, -0.2) is 0 Å². The molecule has 0 saturated carbocycles. The lowest BCUT2D eigenvalue weighted by Crippen LogP contribution is -2.34. The van der Waals surface area contributed by atoms with Crippen LogP contribution in [-0.4, -0.2) is 41.2 Å². The molecule has 1 aromatic heterocycles. The van der Waals surface area contributed by atoms with Gasteiger partial charge in [0.25, 0.3) is 5.91 Å². The lowest BCUT2D eigenvalue weighted by Gasteiger charge is -2.19. The maximum atomic E-state index is 12.6. The molecule has 29 heavy (non-hydrogen) atoms. The van der Waals surface area contributed by atoms with Gasteiger partial charge in [0.05, 0.1) is 7.11 Å². The fourth-order valence-corrected chi connectivity index (χ4v) is 2.70. The number of benzene rings is 2. The van der Waals surface area contributed by atoms with Crippen LogP contribution in [-0.2, 0) is 11.3 Å². The zero-order chi connectivity index (χ0) is 20.6. The first-order chi connectivity index (χ1) is 14.1. The smallest absolute Gasteiger partial charge is 0.261 e. The number of nitrogens with zero attached hydrogens (tertiary/aromatic N) is 3. The summed E-state index contributed by atoms with van der Waals surface area (Å²) >= 11 is 0. The second kappa shape index (κ2) is 9.54. The highest BCUT2D eigenvalue weighted by molar-refractivity contribution is 5.77. The molecule has 1 amide bonds. The zero-order valence-corrected chi connectivity index (χ0v) is 16.5. The molecule has 0 aliphatic carbocycles. The third kappa shape index (κ3) is 5.44. The van der Waals surface area contributed by atoms with Gasteiger partial charge in [-0.1, -0.05) is 35.0 Å². The molecular formula is C22H23N3O4. The Hall–Kier alpha value is -3.61. The summed E-state index contributed by atoms with van der Waals surface area (Å²) in [6.45, 7) is 6.11. The number of carbonyl (C=O) groups is 1. The predicted octanol–water partition coefficient (Wildman–Crippen LogP) is 3.65. The number of rotatable bonds is 9. The van der Waals surface area contributed by atoms with Crippen molar-refractivity contribution in [2.45, 2.75) is 13.5 Å². The van der Waals surface area contributed by atoms with Gasteiger partial charge in [-0.05, 0) is 37.3 Å². The highest BCUT2D eigenvalue weighted by atomic mass is 16.5. The van der Waals surface area contributed by atoms with E-state index in [0.29, 0.717) is 24.0 Å². The van der Waals surface area contributed by atoms with Crippen LogP contribution in [0.1, 0.15) is 11.5 Å². The fraction of sp³-hybridized carbons (Fsp3) is 0.227. The molecule has 0 unspecified atom stereocenters. The Labute approximate surface area is 169 Å². The van der Waals surface area contributed by atoms with Gasteiger partial charge in [-0.3, -0.25) is 4.79 Å². The van der Waals surface area contributed by atoms with Crippen LogP contribution in [0.2, 0.25) is 0 Å². The van der Waals surface area contributed by atoms with Gasteiger partial charge in [0, 0.05) is 12.1 Å². The molecule has 0 saturated heterocycles. The molecule has 3 aromatic rings. The Bertz CT molecular complexity index is 966. The van der Waals surface area contributed by atoms with Crippen LogP contribution < -0.4 is 9.47 Å². The number of methoxy groups -OCH3 is 1. The molecule has 0 fully saturated rings. The van der Waals surface area contributed by atoms with E-state index < -0.39 is 0 Å². The highest BCUT2D eigenvalue weighted by Crippen LogP contribution is 2.19. The number of aromatic nitrogens is 2. The molecule has 0 spiro atoms. The normalized spacial score (nSPS) is 10.4. The molecule has 150 valence electrons. The summed E-state index contributed by atoms with van der Waals surface area (Å²) in [4.78, 5) is 18.5. The summed E-state index contributed by atoms with van der Waals surface area (Å²) in [5, 5.41) is 4.02. The van der Waals surface area contributed by atoms with Crippen molar-refractivity contribution in [3.8, 4) is 22.9 Å². The molecule has 0 bridgehead atoms. The lowest BCUT2D eigenvalue weighted by molar-refractivity contribution is -0.133. The van der Waals surface area contributed by atoms with Crippen LogP contribution in [0.5, 0.6) is 11.5 Å². The van der Waals surface area contributed by atoms with Crippen molar-refractivity contribution in [2.75, 3.05) is 20.3 Å². The SMILES string of the molecule is C=CCN(Cc1nc(-c2cccc(C)c2)no1)C(=O)COc1ccc(OC)cc1. The van der Waals surface area contributed by atoms with E-state index in [-0.39, 0.29) is 19.1 Å². The van der Waals surface area contributed by atoms with Crippen molar-refractivity contribution >= 4 is 5.91 Å². The van der Waals surface area contributed by atoms with Gasteiger partial charge in [0.2, 0.25) is 11.7 Å². The number of aryl methyl sites for hydroxylation is 1. The van der Waals surface area contributed by atoms with Crippen LogP contribution in [0.3, 0.4) is 0 Å². The van der Waals surface area contributed by atoms with Crippen molar-refractivity contribution in [1.29, 1.82) is 0 Å². The Kier molecular flexibility index (Phi) is 6.63. The number of amides is 1. The minimum atomic E-state index is -0.212. The Morgan fingerprint density at radius 2 is 1.97 bits per heavy atom. The van der Waals surface area contributed by atoms with Crippen molar-refractivity contribution in [1.82, 2.24) is 15.0 Å². The largest absolute Gasteiger partial charge is 0.497 e. The van der Waals surface area contributed by atoms with Gasteiger partial charge < -0.3 is 18.9 Å². The topological polar surface area (TPSA) is 77.7 Å². The van der Waals surface area contributed by atoms with E-state index in [0.717, 1.165) is 16.9 Å². The van der Waals surface area contributed by atoms with E-state index in [9.17, 15) is 4.79 Å². The fourth-order valence-electron chi connectivity index (χ4n) is 2.70. The van der Waals surface area contributed by atoms with Crippen LogP contribution in [0.4, 0.5) is 0 Å². The third-order valence-electron chi connectivity index (χ3n) is 4.19. The maximum absolute atomic E-state index is 12.6. The summed E-state index contributed by atoms with van der Waals surface area (Å²) in [5.74, 6) is 1.93. The van der Waals surface area contributed by atoms with Gasteiger partial charge >= 0.3 is 0 Å². The van der Waals surface area contributed by atoms with Crippen molar-refractivity contribution in [3.63, 3.8) is 0 Å². The molecular weight excluding hydrogens is 370 g/mol. The van der Waals surface area contributed by atoms with Crippen molar-refractivity contribution in [2.24, 2.45) is 0 Å². The van der Waals surface area contributed by atoms with Crippen LogP contribution >= 0.6 is 0 Å². The average Bonchev–Trinajstić information content (AvgIpc) is 3.21. The first-order valence-corrected chi connectivity index (χ1v) is 9.14. The zero-order valence-electron chi connectivity index (χ0n) is 16.5. The molecule has 3 rings (SSSR count). The van der Waals surface area contributed by atoms with Crippen LogP contribution in [0.25, 0.3) is 11.4 Å². The monoisotopic (exact) mass is 393 g/mol. The minimum absolute atomic E-state index is 0.112. The van der Waals surface area contributed by atoms with Gasteiger partial charge in [0.15, 0.2) is 6.61 Å². The second-order valence-electron chi connectivity index (χ2n) is 6.41. The molecule has 7 heteroatoms. The summed E-state index contributed by atoms with van der Waals surface area (Å²) in [7, 11) is 1.59. The van der Waals surface area contributed by atoms with Crippen molar-refractivity contribution in [3.05, 3.63) is 72.6 Å². The van der Waals surface area contributed by atoms with E-state index in [1.165, 1.54) is 0 Å². The number of carbonyl (C=O) groups excluding carboxylic acids is 1. The maximum Gasteiger partial charge on any atom is 0.261 e. The molecule has 0 aliphatic rings. The number of hydrogen-bond acceptors (Lipinski definition) is 6. The molecule has 1 heterocycles. The van der Waals surface area contributed by atoms with Crippen LogP contribution in [0, 0.1) is 6.92 Å². The predicted molar refractivity (Wildman–Crippen MR) is 109 cm³/mol. The van der Waals surface area contributed by atoms with E-state index in [4.69, 9.17) is 14.0 Å². The Morgan fingerprint density at radius 3 is 2.66 bits per heavy atom. The number of ether oxygens (including phenoxy) is 2. The highest BCUT2D eigenvalue weighted by Gasteiger charge is 2.18. The molecule has 0 radical (unpaired) electrons. The summed E-state index contributed by atoms with van der Waals surface area (Å²) in [5.41, 5.74) is 1.97. The second-order valence-corrected chi connectivity index (χ2v) is 6.41. The average molecular weight is 393 g/mol. The van der Waals surface area contributed by atoms with Gasteiger partial charge in [0.1, 0.15) is 18.0 Å². The van der Waals surface area contributed by atoms with E-state index in [2.05, 4.69) is 16.7 Å². The molecule has 0 atom stereocenters. The first-order valence-electron chi connectivity index (χ1n) is 9.14. The van der Waals surface area contributed by atoms with E-state index >= 15 is 0 Å². The third-order valence-corrected chi connectivity index (χ3v) is 4.19. The summed E-state index contributed by atoms with van der Waals surface area (Å²) in [6, 6.07) is 14.9. The molecule has 7 nitrogen and oxygen atoms in total. The first kappa shape index (κ1) is 20.1. The summed E-state index contributed by atoms with van der Waals surface area (Å²) in [6.07, 6.45) is 1.64. The molecule has 2 aromatic carbocycles.